The summed E-state index contributed by atoms with van der Waals surface area (Å²) in [6, 6.07) is 0. The van der Waals surface area contributed by atoms with Gasteiger partial charge in [0.15, 0.2) is 0 Å². The van der Waals surface area contributed by atoms with Crippen molar-refractivity contribution >= 4 is 17.9 Å². The Bertz CT molecular complexity index is 888. The second-order valence-electron chi connectivity index (χ2n) is 11.5. The number of carbonyl (C=O) groups is 3. The molecule has 0 aromatic rings. The Morgan fingerprint density at radius 1 is 1.00 bits per heavy atom. The van der Waals surface area contributed by atoms with Crippen LogP contribution in [0.2, 0.25) is 0 Å². The van der Waals surface area contributed by atoms with Gasteiger partial charge in [0.1, 0.15) is 23.9 Å². The van der Waals surface area contributed by atoms with Gasteiger partial charge in [0.05, 0.1) is 18.3 Å². The molecule has 9 nitrogen and oxygen atoms in total. The second-order valence-corrected chi connectivity index (χ2v) is 11.5. The minimum absolute atomic E-state index is 0.0199. The molecule has 2 saturated carbocycles. The zero-order chi connectivity index (χ0) is 26.6. The fourth-order valence-electron chi connectivity index (χ4n) is 7.59. The van der Waals surface area contributed by atoms with Gasteiger partial charge in [-0.3, -0.25) is 14.4 Å². The maximum atomic E-state index is 12.2. The molecular formula is C26H40O9. The number of hydrogen-bond donors (Lipinski definition) is 2. The van der Waals surface area contributed by atoms with Gasteiger partial charge in [-0.15, -0.1) is 6.58 Å². The van der Waals surface area contributed by atoms with Crippen LogP contribution in [0.15, 0.2) is 12.7 Å². The van der Waals surface area contributed by atoms with Gasteiger partial charge in [0.2, 0.25) is 0 Å². The first-order valence-corrected chi connectivity index (χ1v) is 12.2. The van der Waals surface area contributed by atoms with E-state index in [1.165, 1.54) is 20.8 Å². The molecule has 0 amide bonds. The van der Waals surface area contributed by atoms with E-state index < -0.39 is 76.2 Å². The molecule has 1 heterocycles. The minimum Gasteiger partial charge on any atom is -0.465 e. The molecule has 35 heavy (non-hydrogen) atoms. The van der Waals surface area contributed by atoms with Crippen LogP contribution >= 0.6 is 0 Å². The Labute approximate surface area is 207 Å². The van der Waals surface area contributed by atoms with Crippen molar-refractivity contribution in [3.05, 3.63) is 12.7 Å². The van der Waals surface area contributed by atoms with E-state index in [1.54, 1.807) is 19.9 Å². The van der Waals surface area contributed by atoms with Gasteiger partial charge in [0.25, 0.3) is 0 Å². The summed E-state index contributed by atoms with van der Waals surface area (Å²) in [6.07, 6.45) is -1.25. The second kappa shape index (κ2) is 9.16. The van der Waals surface area contributed by atoms with Gasteiger partial charge < -0.3 is 29.2 Å². The van der Waals surface area contributed by atoms with Crippen molar-refractivity contribution in [2.24, 2.45) is 22.7 Å². The normalized spacial score (nSPS) is 47.0. The summed E-state index contributed by atoms with van der Waals surface area (Å²) in [5.74, 6) is -2.75. The Kier molecular flexibility index (Phi) is 7.23. The van der Waals surface area contributed by atoms with Crippen molar-refractivity contribution in [1.29, 1.82) is 0 Å². The highest BCUT2D eigenvalue weighted by Gasteiger charge is 2.74. The van der Waals surface area contributed by atoms with Crippen LogP contribution in [0, 0.1) is 22.7 Å². The van der Waals surface area contributed by atoms with Crippen LogP contribution in [0.5, 0.6) is 0 Å². The molecule has 10 unspecified atom stereocenters. The van der Waals surface area contributed by atoms with Crippen molar-refractivity contribution in [3.8, 4) is 0 Å². The van der Waals surface area contributed by atoms with E-state index in [0.29, 0.717) is 12.8 Å². The van der Waals surface area contributed by atoms with Crippen LogP contribution in [0.25, 0.3) is 0 Å². The van der Waals surface area contributed by atoms with Crippen LogP contribution in [0.4, 0.5) is 0 Å². The number of rotatable bonds is 5. The third kappa shape index (κ3) is 4.51. The van der Waals surface area contributed by atoms with E-state index in [-0.39, 0.29) is 13.0 Å². The van der Waals surface area contributed by atoms with Crippen LogP contribution in [-0.4, -0.2) is 70.3 Å². The Balaban J connectivity index is 2.25. The quantitative estimate of drug-likeness (QED) is 0.335. The van der Waals surface area contributed by atoms with Crippen molar-refractivity contribution in [2.75, 3.05) is 6.61 Å². The van der Waals surface area contributed by atoms with Gasteiger partial charge in [-0.1, -0.05) is 19.9 Å². The van der Waals surface area contributed by atoms with Crippen LogP contribution in [0.1, 0.15) is 67.7 Å². The molecule has 2 N–H and O–H groups in total. The largest absolute Gasteiger partial charge is 0.465 e. The predicted octanol–water partition coefficient (Wildman–Crippen LogP) is 2.31. The van der Waals surface area contributed by atoms with Crippen LogP contribution < -0.4 is 0 Å². The predicted molar refractivity (Wildman–Crippen MR) is 125 cm³/mol. The number of hydrogen-bond acceptors (Lipinski definition) is 9. The number of carbonyl (C=O) groups excluding carboxylic acids is 3. The lowest BCUT2D eigenvalue weighted by Gasteiger charge is -2.69. The topological polar surface area (TPSA) is 129 Å². The zero-order valence-corrected chi connectivity index (χ0v) is 21.8. The summed E-state index contributed by atoms with van der Waals surface area (Å²) < 4.78 is 23.6. The fraction of sp³-hybridized carbons (Fsp3) is 0.808. The molecule has 3 rings (SSSR count). The molecule has 10 atom stereocenters. The highest BCUT2D eigenvalue weighted by Crippen LogP contribution is 2.66. The van der Waals surface area contributed by atoms with E-state index >= 15 is 0 Å². The standard InChI is InChI=1S/C26H40O9/c1-9-24(6)12-17(33-15(3)28)20-25(7)18(34-16(4)29)10-11-23(5,13-32-14(2)27)21(25)19(30)22(31)26(20,8)35-24/h9,17-22,30-31H,1,10-13H2,2-8H3. The first-order valence-electron chi connectivity index (χ1n) is 12.2. The molecule has 1 aliphatic heterocycles. The smallest absolute Gasteiger partial charge is 0.302 e. The lowest BCUT2D eigenvalue weighted by atomic mass is 9.41. The Hall–Kier alpha value is -1.97. The highest BCUT2D eigenvalue weighted by atomic mass is 16.6. The number of esters is 3. The molecule has 9 heteroatoms. The third-order valence-corrected chi connectivity index (χ3v) is 8.73. The van der Waals surface area contributed by atoms with E-state index in [2.05, 4.69) is 6.58 Å². The van der Waals surface area contributed by atoms with Crippen LogP contribution in [-0.2, 0) is 33.3 Å². The van der Waals surface area contributed by atoms with Crippen molar-refractivity contribution in [3.63, 3.8) is 0 Å². The fourth-order valence-corrected chi connectivity index (χ4v) is 7.59. The molecule has 198 valence electrons. The highest BCUT2D eigenvalue weighted by molar-refractivity contribution is 5.67. The number of aliphatic hydroxyl groups excluding tert-OH is 2. The summed E-state index contributed by atoms with van der Waals surface area (Å²) >= 11 is 0. The molecule has 1 saturated heterocycles. The van der Waals surface area contributed by atoms with E-state index in [9.17, 15) is 24.6 Å². The van der Waals surface area contributed by atoms with Crippen molar-refractivity contribution < 1.29 is 43.5 Å². The molecule has 0 bridgehead atoms. The Morgan fingerprint density at radius 3 is 2.11 bits per heavy atom. The van der Waals surface area contributed by atoms with Crippen molar-refractivity contribution in [2.45, 2.75) is 103 Å². The first-order chi connectivity index (χ1) is 16.0. The lowest BCUT2D eigenvalue weighted by Crippen LogP contribution is -2.79. The van der Waals surface area contributed by atoms with Crippen molar-refractivity contribution in [1.82, 2.24) is 0 Å². The minimum atomic E-state index is -1.37. The van der Waals surface area contributed by atoms with Gasteiger partial charge in [-0.2, -0.15) is 0 Å². The SMILES string of the molecule is C=CC1(C)CC(OC(C)=O)C2C(C)(O1)C(O)C(O)C1C(C)(COC(C)=O)CCC(OC(C)=O)C12C. The number of ether oxygens (including phenoxy) is 4. The maximum Gasteiger partial charge on any atom is 0.302 e. The summed E-state index contributed by atoms with van der Waals surface area (Å²) in [7, 11) is 0. The van der Waals surface area contributed by atoms with Gasteiger partial charge in [-0.25, -0.2) is 0 Å². The molecule has 0 aromatic heterocycles. The number of fused-ring (bicyclic) bond motifs is 3. The molecular weight excluding hydrogens is 456 g/mol. The monoisotopic (exact) mass is 496 g/mol. The first kappa shape index (κ1) is 27.6. The molecule has 0 spiro atoms. The lowest BCUT2D eigenvalue weighted by molar-refractivity contribution is -0.356. The van der Waals surface area contributed by atoms with Gasteiger partial charge in [-0.05, 0) is 26.7 Å². The summed E-state index contributed by atoms with van der Waals surface area (Å²) in [5, 5.41) is 23.2. The Morgan fingerprint density at radius 2 is 1.60 bits per heavy atom. The number of aliphatic hydroxyl groups is 2. The molecule has 3 fully saturated rings. The maximum absolute atomic E-state index is 12.2. The van der Waals surface area contributed by atoms with Crippen LogP contribution in [0.3, 0.4) is 0 Å². The van der Waals surface area contributed by atoms with E-state index in [4.69, 9.17) is 18.9 Å². The summed E-state index contributed by atoms with van der Waals surface area (Å²) in [6.45, 7) is 15.1. The van der Waals surface area contributed by atoms with E-state index in [0.717, 1.165) is 0 Å². The molecule has 0 aromatic carbocycles. The van der Waals surface area contributed by atoms with E-state index in [1.807, 2.05) is 13.8 Å². The molecule has 0 radical (unpaired) electrons. The molecule has 3 aliphatic rings. The molecule has 2 aliphatic carbocycles. The third-order valence-electron chi connectivity index (χ3n) is 8.73. The van der Waals surface area contributed by atoms with Gasteiger partial charge in [0, 0.05) is 49.9 Å². The summed E-state index contributed by atoms with van der Waals surface area (Å²) in [4.78, 5) is 36.1. The average molecular weight is 497 g/mol. The summed E-state index contributed by atoms with van der Waals surface area (Å²) in [5.41, 5.74) is -4.07. The average Bonchev–Trinajstić information content (AvgIpc) is 2.72. The van der Waals surface area contributed by atoms with Gasteiger partial charge >= 0.3 is 17.9 Å². The zero-order valence-electron chi connectivity index (χ0n) is 21.8.